The summed E-state index contributed by atoms with van der Waals surface area (Å²) in [4.78, 5) is 11.9. The third-order valence-electron chi connectivity index (χ3n) is 3.74. The highest BCUT2D eigenvalue weighted by molar-refractivity contribution is 5.99. The van der Waals surface area contributed by atoms with Gasteiger partial charge in [-0.25, -0.2) is 0 Å². The molecule has 0 aliphatic heterocycles. The van der Waals surface area contributed by atoms with Gasteiger partial charge in [0.15, 0.2) is 5.78 Å². The van der Waals surface area contributed by atoms with Gasteiger partial charge in [-0.1, -0.05) is 44.2 Å². The van der Waals surface area contributed by atoms with E-state index in [1.54, 1.807) is 0 Å². The Labute approximate surface area is 108 Å². The van der Waals surface area contributed by atoms with Crippen molar-refractivity contribution in [1.29, 1.82) is 0 Å². The highest BCUT2D eigenvalue weighted by Crippen LogP contribution is 2.34. The van der Waals surface area contributed by atoms with E-state index in [1.165, 1.54) is 0 Å². The minimum absolute atomic E-state index is 0.0430. The smallest absolute Gasteiger partial charge is 0.161 e. The first-order valence-electron chi connectivity index (χ1n) is 6.23. The molecule has 0 bridgehead atoms. The molecule has 0 fully saturated rings. The van der Waals surface area contributed by atoms with Crippen molar-refractivity contribution in [1.82, 2.24) is 0 Å². The van der Waals surface area contributed by atoms with E-state index in [1.807, 2.05) is 57.2 Å². The van der Waals surface area contributed by atoms with E-state index < -0.39 is 0 Å². The topological polar surface area (TPSA) is 37.3 Å². The maximum atomic E-state index is 11.9. The van der Waals surface area contributed by atoms with Crippen molar-refractivity contribution in [2.24, 2.45) is 11.8 Å². The Kier molecular flexibility index (Phi) is 3.37. The van der Waals surface area contributed by atoms with Gasteiger partial charge in [-0.15, -0.1) is 0 Å². The summed E-state index contributed by atoms with van der Waals surface area (Å²) in [6.07, 6.45) is 1.81. The molecule has 2 rings (SSSR count). The van der Waals surface area contributed by atoms with Crippen molar-refractivity contribution in [2.45, 2.75) is 20.8 Å². The first-order chi connectivity index (χ1) is 8.52. The molecule has 0 radical (unpaired) electrons. The lowest BCUT2D eigenvalue weighted by molar-refractivity contribution is -0.119. The maximum absolute atomic E-state index is 11.9. The minimum atomic E-state index is -0.0733. The van der Waals surface area contributed by atoms with Crippen LogP contribution in [0.5, 0.6) is 0 Å². The van der Waals surface area contributed by atoms with E-state index in [2.05, 4.69) is 0 Å². The zero-order chi connectivity index (χ0) is 13.3. The summed E-state index contributed by atoms with van der Waals surface area (Å²) >= 11 is 0. The molecule has 0 aromatic heterocycles. The van der Waals surface area contributed by atoms with Gasteiger partial charge < -0.3 is 5.11 Å². The molecule has 0 saturated carbocycles. The van der Waals surface area contributed by atoms with E-state index in [0.717, 1.165) is 16.7 Å². The lowest BCUT2D eigenvalue weighted by atomic mass is 9.77. The third-order valence-corrected chi connectivity index (χ3v) is 3.74. The number of Topliss-reactive ketones (excluding diaryl/α,β-unsaturated/α-hetero) is 1. The number of carbonyl (C=O) groups excluding carboxylic acids is 1. The number of allylic oxidation sites excluding steroid dienone is 3. The van der Waals surface area contributed by atoms with Crippen LogP contribution in [-0.4, -0.2) is 10.9 Å². The Bertz CT molecular complexity index is 523. The van der Waals surface area contributed by atoms with E-state index in [0.29, 0.717) is 0 Å². The summed E-state index contributed by atoms with van der Waals surface area (Å²) in [5.41, 5.74) is 2.37. The van der Waals surface area contributed by atoms with E-state index >= 15 is 0 Å². The molecule has 1 N–H and O–H groups in total. The molecule has 2 heteroatoms. The highest BCUT2D eigenvalue weighted by atomic mass is 16.3. The van der Waals surface area contributed by atoms with Gasteiger partial charge in [-0.3, -0.25) is 4.79 Å². The summed E-state index contributed by atoms with van der Waals surface area (Å²) < 4.78 is 0. The van der Waals surface area contributed by atoms with Crippen molar-refractivity contribution in [3.8, 4) is 0 Å². The van der Waals surface area contributed by atoms with Crippen molar-refractivity contribution >= 4 is 11.5 Å². The number of aliphatic hydroxyl groups is 1. The van der Waals surface area contributed by atoms with Gasteiger partial charge in [0.1, 0.15) is 5.76 Å². The molecular weight excluding hydrogens is 224 g/mol. The Hall–Kier alpha value is -1.83. The highest BCUT2D eigenvalue weighted by Gasteiger charge is 2.30. The number of aliphatic hydroxyl groups excluding tert-OH is 1. The number of carbonyl (C=O) groups is 1. The number of hydrogen-bond donors (Lipinski definition) is 1. The fourth-order valence-corrected chi connectivity index (χ4v) is 2.34. The Morgan fingerprint density at radius 1 is 1.11 bits per heavy atom. The van der Waals surface area contributed by atoms with Crippen LogP contribution in [0.2, 0.25) is 0 Å². The van der Waals surface area contributed by atoms with Gasteiger partial charge in [-0.05, 0) is 30.1 Å². The fraction of sp³-hybridized carbons (Fsp3) is 0.312. The average Bonchev–Trinajstić information content (AvgIpc) is 2.41. The van der Waals surface area contributed by atoms with E-state index in [-0.39, 0.29) is 23.4 Å². The van der Waals surface area contributed by atoms with Gasteiger partial charge in [0, 0.05) is 11.5 Å². The molecule has 2 unspecified atom stereocenters. The predicted molar refractivity (Wildman–Crippen MR) is 73.1 cm³/mol. The molecule has 94 valence electrons. The molecule has 1 aromatic carbocycles. The standard InChI is InChI=1S/C16H18O2/c1-10-9-14(11(2)12(3)15(10)17)16(18)13-7-5-4-6-8-13/h4-9,11-12,18H,1-3H3/b16-14+. The van der Waals surface area contributed by atoms with Crippen LogP contribution >= 0.6 is 0 Å². The summed E-state index contributed by atoms with van der Waals surface area (Å²) in [5, 5.41) is 10.4. The average molecular weight is 242 g/mol. The lowest BCUT2D eigenvalue weighted by Crippen LogP contribution is -2.26. The number of rotatable bonds is 1. The molecular formula is C16H18O2. The zero-order valence-electron chi connectivity index (χ0n) is 11.0. The molecule has 1 aromatic rings. The Morgan fingerprint density at radius 3 is 2.33 bits per heavy atom. The predicted octanol–water partition coefficient (Wildman–Crippen LogP) is 3.76. The number of ketones is 1. The summed E-state index contributed by atoms with van der Waals surface area (Å²) in [6.45, 7) is 5.71. The van der Waals surface area contributed by atoms with E-state index in [9.17, 15) is 9.90 Å². The van der Waals surface area contributed by atoms with Crippen LogP contribution in [0, 0.1) is 11.8 Å². The summed E-state index contributed by atoms with van der Waals surface area (Å²) in [6, 6.07) is 9.45. The third kappa shape index (κ3) is 2.10. The fourth-order valence-electron chi connectivity index (χ4n) is 2.34. The van der Waals surface area contributed by atoms with Crippen LogP contribution in [0.15, 0.2) is 47.6 Å². The first kappa shape index (κ1) is 12.6. The van der Waals surface area contributed by atoms with Gasteiger partial charge >= 0.3 is 0 Å². The minimum Gasteiger partial charge on any atom is -0.507 e. The lowest BCUT2D eigenvalue weighted by Gasteiger charge is -2.26. The van der Waals surface area contributed by atoms with Gasteiger partial charge in [0.2, 0.25) is 0 Å². The monoisotopic (exact) mass is 242 g/mol. The first-order valence-corrected chi connectivity index (χ1v) is 6.23. The second kappa shape index (κ2) is 4.81. The van der Waals surface area contributed by atoms with Crippen LogP contribution < -0.4 is 0 Å². The van der Waals surface area contributed by atoms with Crippen molar-refractivity contribution in [3.63, 3.8) is 0 Å². The second-order valence-corrected chi connectivity index (χ2v) is 4.94. The van der Waals surface area contributed by atoms with Crippen molar-refractivity contribution in [2.75, 3.05) is 0 Å². The van der Waals surface area contributed by atoms with Crippen LogP contribution in [0.1, 0.15) is 26.3 Å². The molecule has 1 aliphatic rings. The molecule has 2 atom stereocenters. The van der Waals surface area contributed by atoms with Gasteiger partial charge in [0.05, 0.1) is 0 Å². The van der Waals surface area contributed by atoms with Gasteiger partial charge in [-0.2, -0.15) is 0 Å². The zero-order valence-corrected chi connectivity index (χ0v) is 11.0. The van der Waals surface area contributed by atoms with Gasteiger partial charge in [0.25, 0.3) is 0 Å². The summed E-state index contributed by atoms with van der Waals surface area (Å²) in [7, 11) is 0. The normalized spacial score (nSPS) is 26.8. The maximum Gasteiger partial charge on any atom is 0.161 e. The van der Waals surface area contributed by atoms with E-state index in [4.69, 9.17) is 0 Å². The molecule has 2 nitrogen and oxygen atoms in total. The molecule has 0 saturated heterocycles. The van der Waals surface area contributed by atoms with Crippen LogP contribution in [0.25, 0.3) is 5.76 Å². The number of benzene rings is 1. The van der Waals surface area contributed by atoms with Crippen LogP contribution in [-0.2, 0) is 4.79 Å². The largest absolute Gasteiger partial charge is 0.507 e. The van der Waals surface area contributed by atoms with Crippen LogP contribution in [0.3, 0.4) is 0 Å². The Morgan fingerprint density at radius 2 is 1.72 bits per heavy atom. The Balaban J connectivity index is 2.53. The van der Waals surface area contributed by atoms with Crippen molar-refractivity contribution < 1.29 is 9.90 Å². The van der Waals surface area contributed by atoms with Crippen molar-refractivity contribution in [3.05, 3.63) is 53.1 Å². The SMILES string of the molecule is CC1=C/C(=C(\O)c2ccccc2)C(C)C(C)C1=O. The molecule has 18 heavy (non-hydrogen) atoms. The van der Waals surface area contributed by atoms with Crippen LogP contribution in [0.4, 0.5) is 0 Å². The summed E-state index contributed by atoms with van der Waals surface area (Å²) in [5.74, 6) is 0.422. The molecule has 0 spiro atoms. The molecule has 1 aliphatic carbocycles. The number of hydrogen-bond acceptors (Lipinski definition) is 2. The quantitative estimate of drug-likeness (QED) is 0.761. The molecule has 0 heterocycles. The molecule has 0 amide bonds. The second-order valence-electron chi connectivity index (χ2n) is 4.94.